The van der Waals surface area contributed by atoms with Crippen LogP contribution in [0.25, 0.3) is 5.57 Å². The topological polar surface area (TPSA) is 33.1 Å². The molecular weight excluding hydrogens is 378 g/mol. The molecule has 0 spiro atoms. The zero-order valence-corrected chi connectivity index (χ0v) is 19.9. The second-order valence-corrected chi connectivity index (χ2v) is 11.5. The van der Waals surface area contributed by atoms with E-state index in [1.807, 2.05) is 0 Å². The summed E-state index contributed by atoms with van der Waals surface area (Å²) < 4.78 is 0. The van der Waals surface area contributed by atoms with Gasteiger partial charge in [-0.15, -0.1) is 0 Å². The Balaban J connectivity index is 1.35. The van der Waals surface area contributed by atoms with Gasteiger partial charge in [-0.05, 0) is 104 Å². The molecule has 2 nitrogen and oxygen atoms in total. The standard InChI is InChI=1S/C29H41NO/c1-4-5-6-7-22-10-8-20(19-30-22)25-12-13-26-24-11-9-21-18-23(31)14-16-28(21,2)27(24)15-17-29(25,26)3/h8-10,12,19,23-24,26-27,31H,4-7,11,13-18H2,1-3H3. The van der Waals surface area contributed by atoms with E-state index in [4.69, 9.17) is 4.98 Å². The van der Waals surface area contributed by atoms with Gasteiger partial charge in [0.2, 0.25) is 0 Å². The number of rotatable bonds is 5. The fourth-order valence-electron chi connectivity index (χ4n) is 7.94. The van der Waals surface area contributed by atoms with Gasteiger partial charge in [-0.2, -0.15) is 0 Å². The second kappa shape index (κ2) is 8.18. The average Bonchev–Trinajstić information content (AvgIpc) is 3.12. The summed E-state index contributed by atoms with van der Waals surface area (Å²) in [6.07, 6.45) is 20.2. The summed E-state index contributed by atoms with van der Waals surface area (Å²) >= 11 is 0. The molecule has 0 saturated heterocycles. The summed E-state index contributed by atoms with van der Waals surface area (Å²) in [7, 11) is 0. The highest BCUT2D eigenvalue weighted by Crippen LogP contribution is 2.66. The number of aryl methyl sites for hydroxylation is 1. The molecule has 0 aromatic carbocycles. The minimum Gasteiger partial charge on any atom is -0.393 e. The molecule has 0 bridgehead atoms. The van der Waals surface area contributed by atoms with Crippen LogP contribution in [-0.2, 0) is 6.42 Å². The largest absolute Gasteiger partial charge is 0.393 e. The molecule has 0 radical (unpaired) electrons. The Kier molecular flexibility index (Phi) is 5.65. The van der Waals surface area contributed by atoms with E-state index in [2.05, 4.69) is 51.3 Å². The van der Waals surface area contributed by atoms with Crippen molar-refractivity contribution in [2.75, 3.05) is 0 Å². The van der Waals surface area contributed by atoms with Crippen LogP contribution in [0.2, 0.25) is 0 Å². The summed E-state index contributed by atoms with van der Waals surface area (Å²) in [5.74, 6) is 2.34. The number of hydrogen-bond donors (Lipinski definition) is 1. The number of aliphatic hydroxyl groups excluding tert-OH is 1. The van der Waals surface area contributed by atoms with Crippen LogP contribution < -0.4 is 0 Å². The number of nitrogens with zero attached hydrogens (tertiary/aromatic N) is 1. The number of unbranched alkanes of at least 4 members (excludes halogenated alkanes) is 2. The van der Waals surface area contributed by atoms with Crippen LogP contribution in [0.5, 0.6) is 0 Å². The lowest BCUT2D eigenvalue weighted by Crippen LogP contribution is -2.49. The molecule has 4 aliphatic carbocycles. The van der Waals surface area contributed by atoms with Gasteiger partial charge in [0.25, 0.3) is 0 Å². The summed E-state index contributed by atoms with van der Waals surface area (Å²) in [4.78, 5) is 4.84. The van der Waals surface area contributed by atoms with E-state index in [1.54, 1.807) is 11.1 Å². The van der Waals surface area contributed by atoms with Crippen molar-refractivity contribution in [1.29, 1.82) is 0 Å². The van der Waals surface area contributed by atoms with Crippen molar-refractivity contribution < 1.29 is 5.11 Å². The monoisotopic (exact) mass is 419 g/mol. The maximum Gasteiger partial charge on any atom is 0.0577 e. The molecule has 2 saturated carbocycles. The number of aromatic nitrogens is 1. The van der Waals surface area contributed by atoms with Gasteiger partial charge in [0.1, 0.15) is 0 Å². The Labute approximate surface area is 189 Å². The van der Waals surface area contributed by atoms with Crippen LogP contribution in [0.15, 0.2) is 36.1 Å². The second-order valence-electron chi connectivity index (χ2n) is 11.5. The van der Waals surface area contributed by atoms with Gasteiger partial charge in [0, 0.05) is 11.9 Å². The smallest absolute Gasteiger partial charge is 0.0577 e. The molecule has 6 atom stereocenters. The number of allylic oxidation sites excluding steroid dienone is 3. The van der Waals surface area contributed by atoms with E-state index < -0.39 is 0 Å². The van der Waals surface area contributed by atoms with Gasteiger partial charge in [0.15, 0.2) is 0 Å². The van der Waals surface area contributed by atoms with Crippen LogP contribution in [0, 0.1) is 28.6 Å². The van der Waals surface area contributed by atoms with Gasteiger partial charge in [0.05, 0.1) is 6.10 Å². The Hall–Kier alpha value is -1.41. The minimum atomic E-state index is -0.109. The van der Waals surface area contributed by atoms with Crippen LogP contribution in [-0.4, -0.2) is 16.2 Å². The first-order valence-electron chi connectivity index (χ1n) is 13.0. The van der Waals surface area contributed by atoms with Crippen molar-refractivity contribution in [2.24, 2.45) is 28.6 Å². The van der Waals surface area contributed by atoms with E-state index >= 15 is 0 Å². The van der Waals surface area contributed by atoms with Crippen molar-refractivity contribution in [3.63, 3.8) is 0 Å². The molecule has 0 amide bonds. The van der Waals surface area contributed by atoms with Crippen molar-refractivity contribution in [3.8, 4) is 0 Å². The van der Waals surface area contributed by atoms with Crippen LogP contribution in [0.3, 0.4) is 0 Å². The molecule has 0 aliphatic heterocycles. The molecule has 31 heavy (non-hydrogen) atoms. The Morgan fingerprint density at radius 1 is 1.00 bits per heavy atom. The molecule has 4 aliphatic rings. The fraction of sp³-hybridized carbons (Fsp3) is 0.690. The maximum absolute atomic E-state index is 10.2. The van der Waals surface area contributed by atoms with Gasteiger partial charge in [-0.1, -0.05) is 57.4 Å². The zero-order valence-electron chi connectivity index (χ0n) is 19.9. The Bertz CT molecular complexity index is 867. The van der Waals surface area contributed by atoms with Crippen LogP contribution >= 0.6 is 0 Å². The summed E-state index contributed by atoms with van der Waals surface area (Å²) in [5, 5.41) is 10.2. The number of pyridine rings is 1. The summed E-state index contributed by atoms with van der Waals surface area (Å²) in [5.41, 5.74) is 6.38. The normalized spacial score (nSPS) is 39.2. The molecule has 168 valence electrons. The molecule has 1 heterocycles. The van der Waals surface area contributed by atoms with E-state index in [0.717, 1.165) is 37.0 Å². The van der Waals surface area contributed by atoms with Crippen molar-refractivity contribution in [2.45, 2.75) is 97.5 Å². The van der Waals surface area contributed by atoms with Gasteiger partial charge in [-0.25, -0.2) is 0 Å². The Morgan fingerprint density at radius 3 is 2.61 bits per heavy atom. The lowest BCUT2D eigenvalue weighted by molar-refractivity contribution is -0.0238. The fourth-order valence-corrected chi connectivity index (χ4v) is 7.94. The highest BCUT2D eigenvalue weighted by molar-refractivity contribution is 5.72. The predicted molar refractivity (Wildman–Crippen MR) is 129 cm³/mol. The SMILES string of the molecule is CCCCCc1ccc(C2=CCC3C4CC=C5CC(O)CCC5(C)C4CCC23C)cn1. The first-order chi connectivity index (χ1) is 15.0. The molecule has 6 unspecified atom stereocenters. The first kappa shape index (κ1) is 21.4. The van der Waals surface area contributed by atoms with Crippen molar-refractivity contribution in [1.82, 2.24) is 4.98 Å². The van der Waals surface area contributed by atoms with E-state index in [1.165, 1.54) is 62.6 Å². The number of fused-ring (bicyclic) bond motifs is 5. The van der Waals surface area contributed by atoms with E-state index in [9.17, 15) is 5.11 Å². The van der Waals surface area contributed by atoms with Crippen LogP contribution in [0.4, 0.5) is 0 Å². The third kappa shape index (κ3) is 3.54. The molecule has 2 fully saturated rings. The lowest BCUT2D eigenvalue weighted by Gasteiger charge is -2.57. The minimum absolute atomic E-state index is 0.109. The highest BCUT2D eigenvalue weighted by Gasteiger charge is 2.56. The zero-order chi connectivity index (χ0) is 21.6. The van der Waals surface area contributed by atoms with Gasteiger partial charge < -0.3 is 5.11 Å². The number of aliphatic hydroxyl groups is 1. The summed E-state index contributed by atoms with van der Waals surface area (Å²) in [6.45, 7) is 7.33. The Morgan fingerprint density at radius 2 is 1.84 bits per heavy atom. The molecule has 1 aromatic heterocycles. The van der Waals surface area contributed by atoms with Crippen LogP contribution in [0.1, 0.15) is 96.2 Å². The molecule has 1 aromatic rings. The highest BCUT2D eigenvalue weighted by atomic mass is 16.3. The van der Waals surface area contributed by atoms with E-state index in [-0.39, 0.29) is 6.10 Å². The lowest BCUT2D eigenvalue weighted by atomic mass is 9.47. The molecular formula is C29H41NO. The van der Waals surface area contributed by atoms with E-state index in [0.29, 0.717) is 10.8 Å². The number of hydrogen-bond acceptors (Lipinski definition) is 2. The van der Waals surface area contributed by atoms with Crippen molar-refractivity contribution >= 4 is 5.57 Å². The maximum atomic E-state index is 10.2. The third-order valence-electron chi connectivity index (χ3n) is 9.83. The molecule has 5 rings (SSSR count). The summed E-state index contributed by atoms with van der Waals surface area (Å²) in [6, 6.07) is 4.63. The molecule has 1 N–H and O–H groups in total. The van der Waals surface area contributed by atoms with Gasteiger partial charge in [-0.3, -0.25) is 4.98 Å². The average molecular weight is 420 g/mol. The van der Waals surface area contributed by atoms with Crippen molar-refractivity contribution in [3.05, 3.63) is 47.3 Å². The third-order valence-corrected chi connectivity index (χ3v) is 9.83. The first-order valence-corrected chi connectivity index (χ1v) is 13.0. The van der Waals surface area contributed by atoms with Gasteiger partial charge >= 0.3 is 0 Å². The quantitative estimate of drug-likeness (QED) is 0.407. The predicted octanol–water partition coefficient (Wildman–Crippen LogP) is 7.13. The molecule has 2 heteroatoms.